The van der Waals surface area contributed by atoms with Gasteiger partial charge in [0, 0.05) is 5.38 Å². The van der Waals surface area contributed by atoms with Crippen molar-refractivity contribution < 1.29 is 14.6 Å². The lowest BCUT2D eigenvalue weighted by molar-refractivity contribution is 0.0528. The molecule has 0 aliphatic carbocycles. The van der Waals surface area contributed by atoms with Crippen molar-refractivity contribution in [3.8, 4) is 16.6 Å². The first kappa shape index (κ1) is 11.0. The zero-order valence-corrected chi connectivity index (χ0v) is 9.97. The molecule has 16 heavy (non-hydrogen) atoms. The van der Waals surface area contributed by atoms with Crippen molar-refractivity contribution in [1.29, 1.82) is 0 Å². The second-order valence-electron chi connectivity index (χ2n) is 2.77. The Hall–Kier alpha value is -1.47. The van der Waals surface area contributed by atoms with Crippen molar-refractivity contribution >= 4 is 28.6 Å². The molecule has 7 heteroatoms. The highest BCUT2D eigenvalue weighted by Gasteiger charge is 2.20. The number of hydrogen-bond donors (Lipinski definition) is 1. The van der Waals surface area contributed by atoms with E-state index in [1.165, 1.54) is 11.3 Å². The number of rotatable bonds is 3. The summed E-state index contributed by atoms with van der Waals surface area (Å²) in [5, 5.41) is 11.8. The van der Waals surface area contributed by atoms with Crippen LogP contribution in [0.15, 0.2) is 10.9 Å². The lowest BCUT2D eigenvalue weighted by atomic mass is 10.5. The molecule has 5 nitrogen and oxygen atoms in total. The van der Waals surface area contributed by atoms with E-state index in [4.69, 9.17) is 4.74 Å². The van der Waals surface area contributed by atoms with Crippen LogP contribution in [-0.2, 0) is 4.74 Å². The maximum absolute atomic E-state index is 11.4. The van der Waals surface area contributed by atoms with Gasteiger partial charge in [0.25, 0.3) is 0 Å². The second-order valence-corrected chi connectivity index (χ2v) is 4.48. The minimum absolute atomic E-state index is 0.116. The predicted molar refractivity (Wildman–Crippen MR) is 60.8 cm³/mol. The number of thiazole rings is 2. The van der Waals surface area contributed by atoms with E-state index in [2.05, 4.69) is 9.97 Å². The van der Waals surface area contributed by atoms with Gasteiger partial charge in [-0.2, -0.15) is 4.98 Å². The number of esters is 1. The molecule has 0 radical (unpaired) electrons. The van der Waals surface area contributed by atoms with E-state index in [1.54, 1.807) is 17.8 Å². The first-order valence-corrected chi connectivity index (χ1v) is 6.23. The Morgan fingerprint density at radius 3 is 3.06 bits per heavy atom. The van der Waals surface area contributed by atoms with Crippen molar-refractivity contribution in [2.75, 3.05) is 6.61 Å². The summed E-state index contributed by atoms with van der Waals surface area (Å²) in [5.41, 5.74) is 2.32. The minimum atomic E-state index is -0.557. The van der Waals surface area contributed by atoms with Gasteiger partial charge < -0.3 is 9.84 Å². The number of hydrogen-bond acceptors (Lipinski definition) is 7. The number of nitrogens with zero attached hydrogens (tertiary/aromatic N) is 2. The number of carbonyl (C=O) groups is 1. The Kier molecular flexibility index (Phi) is 3.16. The third-order valence-corrected chi connectivity index (χ3v) is 3.36. The molecule has 0 unspecified atom stereocenters. The van der Waals surface area contributed by atoms with Crippen molar-refractivity contribution in [2.45, 2.75) is 6.92 Å². The summed E-state index contributed by atoms with van der Waals surface area (Å²) >= 11 is 2.50. The highest BCUT2D eigenvalue weighted by Crippen LogP contribution is 2.31. The second kappa shape index (κ2) is 4.58. The Bertz CT molecular complexity index is 493. The van der Waals surface area contributed by atoms with Crippen LogP contribution >= 0.6 is 22.7 Å². The number of ether oxygens (including phenoxy) is 1. The van der Waals surface area contributed by atoms with Crippen LogP contribution < -0.4 is 0 Å². The third kappa shape index (κ3) is 2.05. The van der Waals surface area contributed by atoms with Gasteiger partial charge in [0.1, 0.15) is 10.7 Å². The summed E-state index contributed by atoms with van der Waals surface area (Å²) in [5.74, 6) is -0.856. The lowest BCUT2D eigenvalue weighted by Crippen LogP contribution is -2.02. The van der Waals surface area contributed by atoms with Crippen LogP contribution in [0.25, 0.3) is 10.7 Å². The number of aromatic hydroxyl groups is 1. The van der Waals surface area contributed by atoms with E-state index >= 15 is 0 Å². The Labute approximate surface area is 99.4 Å². The van der Waals surface area contributed by atoms with Crippen LogP contribution in [0, 0.1) is 0 Å². The van der Waals surface area contributed by atoms with E-state index in [9.17, 15) is 9.90 Å². The predicted octanol–water partition coefficient (Wildman–Crippen LogP) is 2.15. The number of carbonyl (C=O) groups excluding carboxylic acids is 1. The summed E-state index contributed by atoms with van der Waals surface area (Å²) in [6.07, 6.45) is 0. The fourth-order valence-electron chi connectivity index (χ4n) is 1.07. The molecule has 0 fully saturated rings. The van der Waals surface area contributed by atoms with E-state index in [0.717, 1.165) is 11.3 Å². The van der Waals surface area contributed by atoms with Gasteiger partial charge in [-0.3, -0.25) is 0 Å². The van der Waals surface area contributed by atoms with Crippen LogP contribution in [0.3, 0.4) is 0 Å². The number of aromatic nitrogens is 2. The highest BCUT2D eigenvalue weighted by molar-refractivity contribution is 7.17. The normalized spacial score (nSPS) is 10.3. The largest absolute Gasteiger partial charge is 0.492 e. The van der Waals surface area contributed by atoms with E-state index < -0.39 is 5.97 Å². The molecule has 84 valence electrons. The molecule has 0 saturated carbocycles. The van der Waals surface area contributed by atoms with E-state index in [1.807, 2.05) is 0 Å². The van der Waals surface area contributed by atoms with Crippen LogP contribution in [0.1, 0.15) is 16.6 Å². The van der Waals surface area contributed by atoms with Crippen LogP contribution in [0.2, 0.25) is 0 Å². The van der Waals surface area contributed by atoms with Gasteiger partial charge in [0.15, 0.2) is 4.88 Å². The van der Waals surface area contributed by atoms with Crippen molar-refractivity contribution in [3.63, 3.8) is 0 Å². The minimum Gasteiger partial charge on any atom is -0.492 e. The summed E-state index contributed by atoms with van der Waals surface area (Å²) in [4.78, 5) is 19.5. The molecule has 0 amide bonds. The van der Waals surface area contributed by atoms with Crippen LogP contribution in [-0.4, -0.2) is 27.7 Å². The zero-order chi connectivity index (χ0) is 11.5. The van der Waals surface area contributed by atoms with Gasteiger partial charge in [0.05, 0.1) is 12.1 Å². The van der Waals surface area contributed by atoms with E-state index in [0.29, 0.717) is 10.7 Å². The smallest absolute Gasteiger partial charge is 0.353 e. The molecule has 0 saturated heterocycles. The Balaban J connectivity index is 2.32. The third-order valence-electron chi connectivity index (χ3n) is 1.72. The molecule has 2 rings (SSSR count). The Morgan fingerprint density at radius 1 is 1.62 bits per heavy atom. The molecule has 0 atom stereocenters. The summed E-state index contributed by atoms with van der Waals surface area (Å²) in [6, 6.07) is 0. The summed E-state index contributed by atoms with van der Waals surface area (Å²) in [7, 11) is 0. The molecule has 0 aliphatic heterocycles. The summed E-state index contributed by atoms with van der Waals surface area (Å²) < 4.78 is 4.79. The van der Waals surface area contributed by atoms with Gasteiger partial charge in [0.2, 0.25) is 5.88 Å². The van der Waals surface area contributed by atoms with Gasteiger partial charge >= 0.3 is 5.97 Å². The van der Waals surface area contributed by atoms with Crippen molar-refractivity contribution in [2.24, 2.45) is 0 Å². The van der Waals surface area contributed by atoms with Gasteiger partial charge in [-0.1, -0.05) is 0 Å². The molecular formula is C9H8N2O3S2. The maximum Gasteiger partial charge on any atom is 0.353 e. The molecule has 0 spiro atoms. The first-order valence-electron chi connectivity index (χ1n) is 4.47. The topological polar surface area (TPSA) is 72.3 Å². The summed E-state index contributed by atoms with van der Waals surface area (Å²) in [6.45, 7) is 1.97. The average molecular weight is 256 g/mol. The molecular weight excluding hydrogens is 248 g/mol. The monoisotopic (exact) mass is 256 g/mol. The van der Waals surface area contributed by atoms with Gasteiger partial charge in [-0.05, 0) is 6.92 Å². The van der Waals surface area contributed by atoms with Crippen LogP contribution in [0.4, 0.5) is 0 Å². The molecule has 2 aromatic heterocycles. The molecule has 2 aromatic rings. The highest BCUT2D eigenvalue weighted by atomic mass is 32.1. The molecule has 0 bridgehead atoms. The molecule has 2 heterocycles. The van der Waals surface area contributed by atoms with Crippen molar-refractivity contribution in [3.05, 3.63) is 15.8 Å². The Morgan fingerprint density at radius 2 is 2.44 bits per heavy atom. The maximum atomic E-state index is 11.4. The van der Waals surface area contributed by atoms with Gasteiger partial charge in [-0.25, -0.2) is 9.78 Å². The fourth-order valence-corrected chi connectivity index (χ4v) is 2.50. The van der Waals surface area contributed by atoms with Gasteiger partial charge in [-0.15, -0.1) is 22.7 Å². The first-order chi connectivity index (χ1) is 7.72. The van der Waals surface area contributed by atoms with E-state index in [-0.39, 0.29) is 17.4 Å². The standard InChI is InChI=1S/C9H8N2O3S2/c1-2-14-9(13)6-7(12)11-8(16-6)5-3-15-4-10-5/h3-4,12H,2H2,1H3. The zero-order valence-electron chi connectivity index (χ0n) is 8.34. The molecule has 0 aromatic carbocycles. The van der Waals surface area contributed by atoms with Crippen molar-refractivity contribution in [1.82, 2.24) is 9.97 Å². The molecule has 0 aliphatic rings. The molecule has 1 N–H and O–H groups in total. The van der Waals surface area contributed by atoms with Crippen LogP contribution in [0.5, 0.6) is 5.88 Å². The SMILES string of the molecule is CCOC(=O)c1sc(-c2cscn2)nc1O. The fraction of sp³-hybridized carbons (Fsp3) is 0.222. The average Bonchev–Trinajstić information content (AvgIpc) is 2.86. The lowest BCUT2D eigenvalue weighted by Gasteiger charge is -1.96. The quantitative estimate of drug-likeness (QED) is 0.852.